The Bertz CT molecular complexity index is 1020. The summed E-state index contributed by atoms with van der Waals surface area (Å²) in [7, 11) is 1.60. The molecule has 1 saturated carbocycles. The highest BCUT2D eigenvalue weighted by molar-refractivity contribution is 5.94. The van der Waals surface area contributed by atoms with Gasteiger partial charge in [-0.1, -0.05) is 12.1 Å². The van der Waals surface area contributed by atoms with Crippen molar-refractivity contribution in [3.8, 4) is 6.07 Å². The van der Waals surface area contributed by atoms with E-state index in [2.05, 4.69) is 11.4 Å². The standard InChI is InChI=1S/C24H30N6O3/c1-13(14-3-5-15(6-4-14)22(31)27-2)29-18-9-21(24(29)33)28(11-18)12-19(26)23(32)30-17(10-25)7-16-8-20(16)30/h3-6,13,16-21H,7-9,11-12,26H2,1-2H3,(H,27,31)/t13-,16+,17-,18?,19-,20-,21+/m0/s1. The predicted octanol–water partition coefficient (Wildman–Crippen LogP) is 0.233. The van der Waals surface area contributed by atoms with Crippen molar-refractivity contribution < 1.29 is 14.4 Å². The maximum Gasteiger partial charge on any atom is 0.251 e. The van der Waals surface area contributed by atoms with Crippen molar-refractivity contribution in [2.75, 3.05) is 20.1 Å². The second kappa shape index (κ2) is 8.12. The maximum atomic E-state index is 13.2. The topological polar surface area (TPSA) is 123 Å². The molecule has 33 heavy (non-hydrogen) atoms. The Hall–Kier alpha value is -2.96. The number of carbonyl (C=O) groups is 3. The van der Waals surface area contributed by atoms with E-state index in [1.807, 2.05) is 28.9 Å². The van der Waals surface area contributed by atoms with Crippen molar-refractivity contribution in [2.45, 2.75) is 62.4 Å². The Kier molecular flexibility index (Phi) is 5.38. The van der Waals surface area contributed by atoms with E-state index in [0.29, 0.717) is 24.6 Å². The first kappa shape index (κ1) is 21.9. The highest BCUT2D eigenvalue weighted by atomic mass is 16.2. The Morgan fingerprint density at radius 2 is 1.97 bits per heavy atom. The number of likely N-dealkylation sites (tertiary alicyclic amines) is 3. The quantitative estimate of drug-likeness (QED) is 0.640. The average molecular weight is 451 g/mol. The maximum absolute atomic E-state index is 13.2. The van der Waals surface area contributed by atoms with Crippen molar-refractivity contribution in [3.63, 3.8) is 0 Å². The Morgan fingerprint density at radius 1 is 1.24 bits per heavy atom. The molecule has 9 heteroatoms. The third kappa shape index (κ3) is 3.58. The van der Waals surface area contributed by atoms with E-state index in [1.165, 1.54) is 0 Å². The SMILES string of the molecule is CNC(=O)c1ccc([C@H](C)N2C(=O)[C@H]3CC2CN3C[C@H](N)C(=O)N2[C@H](C#N)C[C@@H]3C[C@@H]32)cc1. The number of carbonyl (C=O) groups excluding carboxylic acids is 3. The minimum absolute atomic E-state index is 0.0621. The van der Waals surface area contributed by atoms with Gasteiger partial charge in [0.1, 0.15) is 6.04 Å². The average Bonchev–Trinajstić information content (AvgIpc) is 3.15. The molecule has 3 saturated heterocycles. The van der Waals surface area contributed by atoms with E-state index in [0.717, 1.165) is 24.8 Å². The molecule has 9 nitrogen and oxygen atoms in total. The molecule has 3 aliphatic heterocycles. The first-order valence-corrected chi connectivity index (χ1v) is 11.7. The van der Waals surface area contributed by atoms with Gasteiger partial charge in [-0.3, -0.25) is 19.3 Å². The fourth-order valence-corrected chi connectivity index (χ4v) is 6.03. The van der Waals surface area contributed by atoms with Gasteiger partial charge >= 0.3 is 0 Å². The lowest BCUT2D eigenvalue weighted by atomic mass is 10.0. The molecule has 1 aliphatic carbocycles. The van der Waals surface area contributed by atoms with Gasteiger partial charge in [-0.2, -0.15) is 5.26 Å². The molecule has 3 N–H and O–H groups in total. The van der Waals surface area contributed by atoms with Crippen molar-refractivity contribution in [1.29, 1.82) is 5.26 Å². The molecule has 1 unspecified atom stereocenters. The van der Waals surface area contributed by atoms with Crippen LogP contribution in [0.2, 0.25) is 0 Å². The number of benzene rings is 1. The molecule has 3 amide bonds. The third-order valence-electron chi connectivity index (χ3n) is 7.87. The van der Waals surface area contributed by atoms with Crippen LogP contribution in [0, 0.1) is 17.2 Å². The molecule has 174 valence electrons. The lowest BCUT2D eigenvalue weighted by molar-refractivity contribution is -0.141. The number of hydrogen-bond donors (Lipinski definition) is 2. The number of fused-ring (bicyclic) bond motifs is 3. The van der Waals surface area contributed by atoms with Crippen LogP contribution in [0.4, 0.5) is 0 Å². The molecule has 1 aromatic rings. The number of piperidine rings is 1. The summed E-state index contributed by atoms with van der Waals surface area (Å²) in [6.07, 6.45) is 2.46. The summed E-state index contributed by atoms with van der Waals surface area (Å²) in [6, 6.07) is 8.38. The number of hydrogen-bond acceptors (Lipinski definition) is 6. The van der Waals surface area contributed by atoms with Crippen LogP contribution in [-0.2, 0) is 9.59 Å². The molecule has 7 atom stereocenters. The van der Waals surface area contributed by atoms with Gasteiger partial charge in [0.15, 0.2) is 0 Å². The summed E-state index contributed by atoms with van der Waals surface area (Å²) in [4.78, 5) is 43.7. The van der Waals surface area contributed by atoms with Crippen molar-refractivity contribution in [2.24, 2.45) is 11.7 Å². The Morgan fingerprint density at radius 3 is 2.61 bits per heavy atom. The largest absolute Gasteiger partial charge is 0.355 e. The van der Waals surface area contributed by atoms with Crippen LogP contribution in [0.25, 0.3) is 0 Å². The highest BCUT2D eigenvalue weighted by Crippen LogP contribution is 2.48. The van der Waals surface area contributed by atoms with E-state index in [-0.39, 0.29) is 47.9 Å². The summed E-state index contributed by atoms with van der Waals surface area (Å²) in [5.74, 6) is 0.213. The second-order valence-corrected chi connectivity index (χ2v) is 9.78. The molecule has 0 radical (unpaired) electrons. The minimum atomic E-state index is -0.726. The molecule has 0 aromatic heterocycles. The normalized spacial score (nSPS) is 31.8. The van der Waals surface area contributed by atoms with Crippen LogP contribution >= 0.6 is 0 Å². The molecule has 3 heterocycles. The number of amides is 3. The van der Waals surface area contributed by atoms with Crippen LogP contribution < -0.4 is 11.1 Å². The number of rotatable bonds is 6. The van der Waals surface area contributed by atoms with Gasteiger partial charge in [0, 0.05) is 37.8 Å². The molecular formula is C24H30N6O3. The zero-order valence-corrected chi connectivity index (χ0v) is 19.0. The summed E-state index contributed by atoms with van der Waals surface area (Å²) >= 11 is 0. The lowest BCUT2D eigenvalue weighted by Gasteiger charge is -2.38. The monoisotopic (exact) mass is 450 g/mol. The third-order valence-corrected chi connectivity index (χ3v) is 7.87. The van der Waals surface area contributed by atoms with E-state index < -0.39 is 6.04 Å². The molecule has 4 fully saturated rings. The van der Waals surface area contributed by atoms with Gasteiger partial charge in [-0.05, 0) is 49.8 Å². The molecule has 1 aromatic carbocycles. The number of nitrogens with two attached hydrogens (primary N) is 1. The van der Waals surface area contributed by atoms with Crippen LogP contribution in [0.1, 0.15) is 48.1 Å². The summed E-state index contributed by atoms with van der Waals surface area (Å²) in [5.41, 5.74) is 7.86. The zero-order valence-electron chi connectivity index (χ0n) is 19.0. The summed E-state index contributed by atoms with van der Waals surface area (Å²) < 4.78 is 0. The van der Waals surface area contributed by atoms with Crippen molar-refractivity contribution >= 4 is 17.7 Å². The first-order valence-electron chi connectivity index (χ1n) is 11.7. The minimum Gasteiger partial charge on any atom is -0.355 e. The van der Waals surface area contributed by atoms with Crippen LogP contribution in [0.5, 0.6) is 0 Å². The van der Waals surface area contributed by atoms with Crippen molar-refractivity contribution in [1.82, 2.24) is 20.0 Å². The molecule has 2 bridgehead atoms. The number of nitriles is 1. The fourth-order valence-electron chi connectivity index (χ4n) is 6.03. The molecule has 4 aliphatic rings. The van der Waals surface area contributed by atoms with Gasteiger partial charge < -0.3 is 20.9 Å². The Balaban J connectivity index is 1.21. The number of nitrogens with one attached hydrogen (secondary N) is 1. The highest BCUT2D eigenvalue weighted by Gasteiger charge is 2.56. The predicted molar refractivity (Wildman–Crippen MR) is 120 cm³/mol. The fraction of sp³-hybridized carbons (Fsp3) is 0.583. The zero-order chi connectivity index (χ0) is 23.4. The van der Waals surface area contributed by atoms with Crippen LogP contribution in [-0.4, -0.2) is 82.8 Å². The van der Waals surface area contributed by atoms with Gasteiger partial charge in [0.05, 0.1) is 24.2 Å². The van der Waals surface area contributed by atoms with E-state index >= 15 is 0 Å². The van der Waals surface area contributed by atoms with E-state index in [1.54, 1.807) is 24.1 Å². The summed E-state index contributed by atoms with van der Waals surface area (Å²) in [5, 5.41) is 12.0. The smallest absolute Gasteiger partial charge is 0.251 e. The number of piperazine rings is 1. The Labute approximate surface area is 193 Å². The molecular weight excluding hydrogens is 420 g/mol. The van der Waals surface area contributed by atoms with Crippen LogP contribution in [0.3, 0.4) is 0 Å². The van der Waals surface area contributed by atoms with Gasteiger partial charge in [0.25, 0.3) is 5.91 Å². The van der Waals surface area contributed by atoms with Crippen molar-refractivity contribution in [3.05, 3.63) is 35.4 Å². The molecule has 5 rings (SSSR count). The van der Waals surface area contributed by atoms with E-state index in [4.69, 9.17) is 5.73 Å². The second-order valence-electron chi connectivity index (χ2n) is 9.78. The molecule has 0 spiro atoms. The van der Waals surface area contributed by atoms with Crippen LogP contribution in [0.15, 0.2) is 24.3 Å². The van der Waals surface area contributed by atoms with Gasteiger partial charge in [0.2, 0.25) is 11.8 Å². The van der Waals surface area contributed by atoms with Gasteiger partial charge in [-0.15, -0.1) is 0 Å². The number of nitrogens with zero attached hydrogens (tertiary/aromatic N) is 4. The van der Waals surface area contributed by atoms with Gasteiger partial charge in [-0.25, -0.2) is 0 Å². The van der Waals surface area contributed by atoms with E-state index in [9.17, 15) is 19.6 Å². The summed E-state index contributed by atoms with van der Waals surface area (Å²) in [6.45, 7) is 3.03. The first-order chi connectivity index (χ1) is 15.8. The lowest BCUT2D eigenvalue weighted by Crippen LogP contribution is -2.57.